The molecule has 2 N–H and O–H groups in total. The van der Waals surface area contributed by atoms with Crippen LogP contribution < -0.4 is 5.43 Å². The highest BCUT2D eigenvalue weighted by Crippen LogP contribution is 2.39. The monoisotopic (exact) mass is 458 g/mol. The molecule has 0 aliphatic heterocycles. The molecule has 0 spiro atoms. The van der Waals surface area contributed by atoms with Gasteiger partial charge in [-0.15, -0.1) is 0 Å². The van der Waals surface area contributed by atoms with Crippen molar-refractivity contribution in [2.75, 3.05) is 7.11 Å². The van der Waals surface area contributed by atoms with Crippen LogP contribution in [-0.4, -0.2) is 23.3 Å². The fourth-order valence-corrected chi connectivity index (χ4v) is 4.14. The Kier molecular flexibility index (Phi) is 6.41. The summed E-state index contributed by atoms with van der Waals surface area (Å²) in [6.45, 7) is 4.19. The molecule has 6 nitrogen and oxygen atoms in total. The topological polar surface area (TPSA) is 97.0 Å². The van der Waals surface area contributed by atoms with E-state index in [1.165, 1.54) is 37.6 Å². The van der Waals surface area contributed by atoms with Gasteiger partial charge in [-0.05, 0) is 46.9 Å². The van der Waals surface area contributed by atoms with Gasteiger partial charge in [0.2, 0.25) is 5.43 Å². The van der Waals surface area contributed by atoms with E-state index in [-0.39, 0.29) is 34.3 Å². The van der Waals surface area contributed by atoms with Crippen LogP contribution in [0.15, 0.2) is 76.1 Å². The Hall–Kier alpha value is -4.06. The number of phenols is 2. The van der Waals surface area contributed by atoms with Crippen molar-refractivity contribution in [1.29, 1.82) is 0 Å². The summed E-state index contributed by atoms with van der Waals surface area (Å²) in [5.41, 5.74) is 3.16. The molecule has 0 bridgehead atoms. The highest BCUT2D eigenvalue weighted by molar-refractivity contribution is 5.87. The largest absolute Gasteiger partial charge is 0.508 e. The maximum absolute atomic E-state index is 13.3. The van der Waals surface area contributed by atoms with Crippen molar-refractivity contribution in [3.05, 3.63) is 93.8 Å². The second-order valence-electron chi connectivity index (χ2n) is 8.55. The van der Waals surface area contributed by atoms with Crippen LogP contribution in [0.2, 0.25) is 0 Å². The van der Waals surface area contributed by atoms with Crippen LogP contribution in [0.4, 0.5) is 0 Å². The van der Waals surface area contributed by atoms with E-state index in [0.29, 0.717) is 22.6 Å². The Morgan fingerprint density at radius 2 is 1.59 bits per heavy atom. The SMILES string of the molecule is COC(=O)C[C@@H](c1ccc(C(C)C)cc1)c1c(O)ccc2c(=O)c(-c3ccc(O)cc3)coc12. The lowest BCUT2D eigenvalue weighted by Gasteiger charge is -2.20. The standard InChI is InChI=1S/C28H26O6/c1-16(2)17-4-6-18(7-5-17)22(14-25(31)33-3)26-24(30)13-12-21-27(32)23(15-34-28(21)26)19-8-10-20(29)11-9-19/h4-13,15-16,22,29-30H,14H2,1-3H3/t22-/m0/s1. The molecule has 0 radical (unpaired) electrons. The van der Waals surface area contributed by atoms with Crippen LogP contribution in [0.1, 0.15) is 48.8 Å². The van der Waals surface area contributed by atoms with Gasteiger partial charge in [0.15, 0.2) is 0 Å². The lowest BCUT2D eigenvalue weighted by molar-refractivity contribution is -0.140. The maximum Gasteiger partial charge on any atom is 0.306 e. The van der Waals surface area contributed by atoms with Crippen molar-refractivity contribution in [2.24, 2.45) is 0 Å². The molecule has 4 rings (SSSR count). The molecule has 0 fully saturated rings. The Bertz CT molecular complexity index is 1380. The number of carbonyl (C=O) groups excluding carboxylic acids is 1. The molecule has 6 heteroatoms. The number of rotatable bonds is 6. The molecule has 1 heterocycles. The first kappa shape index (κ1) is 23.1. The summed E-state index contributed by atoms with van der Waals surface area (Å²) in [6.07, 6.45) is 1.31. The molecule has 0 saturated carbocycles. The Morgan fingerprint density at radius 1 is 0.941 bits per heavy atom. The predicted octanol–water partition coefficient (Wildman–Crippen LogP) is 5.69. The first-order valence-electron chi connectivity index (χ1n) is 11.0. The van der Waals surface area contributed by atoms with E-state index >= 15 is 0 Å². The quantitative estimate of drug-likeness (QED) is 0.360. The van der Waals surface area contributed by atoms with Gasteiger partial charge < -0.3 is 19.4 Å². The van der Waals surface area contributed by atoms with Gasteiger partial charge in [0.1, 0.15) is 23.3 Å². The van der Waals surface area contributed by atoms with Crippen LogP contribution >= 0.6 is 0 Å². The van der Waals surface area contributed by atoms with Crippen LogP contribution in [-0.2, 0) is 9.53 Å². The third kappa shape index (κ3) is 4.39. The maximum atomic E-state index is 13.3. The predicted molar refractivity (Wildman–Crippen MR) is 130 cm³/mol. The molecule has 1 atom stereocenters. The van der Waals surface area contributed by atoms with E-state index in [2.05, 4.69) is 13.8 Å². The van der Waals surface area contributed by atoms with Crippen LogP contribution in [0.25, 0.3) is 22.1 Å². The van der Waals surface area contributed by atoms with Crippen molar-refractivity contribution < 1.29 is 24.2 Å². The van der Waals surface area contributed by atoms with Crippen molar-refractivity contribution >= 4 is 16.9 Å². The highest BCUT2D eigenvalue weighted by atomic mass is 16.5. The van der Waals surface area contributed by atoms with Crippen molar-refractivity contribution in [3.63, 3.8) is 0 Å². The molecule has 0 aliphatic rings. The molecule has 1 aromatic heterocycles. The number of ether oxygens (including phenoxy) is 1. The smallest absolute Gasteiger partial charge is 0.306 e. The van der Waals surface area contributed by atoms with Gasteiger partial charge in [-0.2, -0.15) is 0 Å². The molecule has 0 aliphatic carbocycles. The molecule has 4 aromatic rings. The minimum Gasteiger partial charge on any atom is -0.508 e. The van der Waals surface area contributed by atoms with Crippen molar-refractivity contribution in [1.82, 2.24) is 0 Å². The molecule has 34 heavy (non-hydrogen) atoms. The Morgan fingerprint density at radius 3 is 2.21 bits per heavy atom. The highest BCUT2D eigenvalue weighted by Gasteiger charge is 2.26. The zero-order valence-corrected chi connectivity index (χ0v) is 19.2. The first-order valence-corrected chi connectivity index (χ1v) is 11.0. The van der Waals surface area contributed by atoms with Crippen LogP contribution in [0.5, 0.6) is 11.5 Å². The van der Waals surface area contributed by atoms with Crippen molar-refractivity contribution in [3.8, 4) is 22.6 Å². The number of fused-ring (bicyclic) bond motifs is 1. The van der Waals surface area contributed by atoms with Gasteiger partial charge in [-0.1, -0.05) is 50.2 Å². The summed E-state index contributed by atoms with van der Waals surface area (Å²) in [6, 6.07) is 17.0. The number of hydrogen-bond acceptors (Lipinski definition) is 6. The number of phenolic OH excluding ortho intramolecular Hbond substituents is 2. The Balaban J connectivity index is 1.90. The third-order valence-corrected chi connectivity index (χ3v) is 6.09. The fourth-order valence-electron chi connectivity index (χ4n) is 4.14. The van der Waals surface area contributed by atoms with E-state index in [1.807, 2.05) is 24.3 Å². The summed E-state index contributed by atoms with van der Waals surface area (Å²) in [4.78, 5) is 25.6. The lowest BCUT2D eigenvalue weighted by Crippen LogP contribution is -2.13. The van der Waals surface area contributed by atoms with E-state index in [0.717, 1.165) is 11.1 Å². The van der Waals surface area contributed by atoms with Gasteiger partial charge in [0.05, 0.1) is 24.5 Å². The van der Waals surface area contributed by atoms with E-state index in [1.54, 1.807) is 12.1 Å². The van der Waals surface area contributed by atoms with Gasteiger partial charge in [0, 0.05) is 11.5 Å². The summed E-state index contributed by atoms with van der Waals surface area (Å²) < 4.78 is 10.8. The second-order valence-corrected chi connectivity index (χ2v) is 8.55. The molecule has 0 amide bonds. The molecular formula is C28H26O6. The van der Waals surface area contributed by atoms with Gasteiger partial charge in [-0.3, -0.25) is 9.59 Å². The number of esters is 1. The zero-order valence-electron chi connectivity index (χ0n) is 19.2. The fraction of sp³-hybridized carbons (Fsp3) is 0.214. The summed E-state index contributed by atoms with van der Waals surface area (Å²) in [7, 11) is 1.31. The molecular weight excluding hydrogens is 432 g/mol. The third-order valence-electron chi connectivity index (χ3n) is 6.09. The number of aromatic hydroxyl groups is 2. The van der Waals surface area contributed by atoms with Crippen LogP contribution in [0, 0.1) is 0 Å². The Labute approximate surface area is 197 Å². The molecule has 0 unspecified atom stereocenters. The van der Waals surface area contributed by atoms with Gasteiger partial charge >= 0.3 is 5.97 Å². The average molecular weight is 459 g/mol. The summed E-state index contributed by atoms with van der Waals surface area (Å²) >= 11 is 0. The molecule has 174 valence electrons. The minimum atomic E-state index is -0.583. The van der Waals surface area contributed by atoms with Crippen molar-refractivity contribution in [2.45, 2.75) is 32.1 Å². The van der Waals surface area contributed by atoms with Gasteiger partial charge in [0.25, 0.3) is 0 Å². The average Bonchev–Trinajstić information content (AvgIpc) is 2.83. The number of benzene rings is 3. The lowest BCUT2D eigenvalue weighted by atomic mass is 9.85. The molecule has 3 aromatic carbocycles. The van der Waals surface area contributed by atoms with E-state index < -0.39 is 11.9 Å². The van der Waals surface area contributed by atoms with E-state index in [9.17, 15) is 19.8 Å². The zero-order chi connectivity index (χ0) is 24.4. The molecule has 0 saturated heterocycles. The van der Waals surface area contributed by atoms with Crippen LogP contribution in [0.3, 0.4) is 0 Å². The number of hydrogen-bond donors (Lipinski definition) is 2. The number of carbonyl (C=O) groups is 1. The number of methoxy groups -OCH3 is 1. The second kappa shape index (κ2) is 9.43. The minimum absolute atomic E-state index is 0.0341. The summed E-state index contributed by atoms with van der Waals surface area (Å²) in [5, 5.41) is 20.7. The van der Waals surface area contributed by atoms with Gasteiger partial charge in [-0.25, -0.2) is 0 Å². The van der Waals surface area contributed by atoms with E-state index in [4.69, 9.17) is 9.15 Å². The normalized spacial score (nSPS) is 12.1. The summed E-state index contributed by atoms with van der Waals surface area (Å²) in [5.74, 6) is -0.669. The first-order chi connectivity index (χ1) is 16.3.